The summed E-state index contributed by atoms with van der Waals surface area (Å²) in [4.78, 5) is 16.2. The summed E-state index contributed by atoms with van der Waals surface area (Å²) in [5.41, 5.74) is 6.34. The molecule has 2 aliphatic rings. The lowest BCUT2D eigenvalue weighted by molar-refractivity contribution is 0.0963. The Labute approximate surface area is 236 Å². The molecule has 1 aromatic heterocycles. The lowest BCUT2D eigenvalue weighted by atomic mass is 9.55. The highest BCUT2D eigenvalue weighted by Gasteiger charge is 2.61. The largest absolute Gasteiger partial charge is 0.301 e. The molecule has 0 bridgehead atoms. The van der Waals surface area contributed by atoms with Gasteiger partial charge in [0.25, 0.3) is 0 Å². The van der Waals surface area contributed by atoms with Gasteiger partial charge in [-0.05, 0) is 60.3 Å². The van der Waals surface area contributed by atoms with Crippen LogP contribution in [0.1, 0.15) is 99.0 Å². The van der Waals surface area contributed by atoms with E-state index in [2.05, 4.69) is 134 Å². The molecule has 39 heavy (non-hydrogen) atoms. The second-order valence-corrected chi connectivity index (χ2v) is 14.7. The highest BCUT2D eigenvalue weighted by molar-refractivity contribution is 5.87. The van der Waals surface area contributed by atoms with Gasteiger partial charge in [0, 0.05) is 22.2 Å². The van der Waals surface area contributed by atoms with Crippen molar-refractivity contribution in [3.8, 4) is 0 Å². The smallest absolute Gasteiger partial charge is 0.178 e. The van der Waals surface area contributed by atoms with Crippen LogP contribution in [0.2, 0.25) is 0 Å². The molecule has 3 aromatic rings. The third-order valence-electron chi connectivity index (χ3n) is 9.42. The van der Waals surface area contributed by atoms with Crippen molar-refractivity contribution >= 4 is 23.0 Å². The number of fused-ring (bicyclic) bond motifs is 5. The molecule has 3 atom stereocenters. The van der Waals surface area contributed by atoms with Gasteiger partial charge in [-0.15, -0.1) is 0 Å². The predicted molar refractivity (Wildman–Crippen MR) is 165 cm³/mol. The molecule has 3 heterocycles. The molecule has 5 rings (SSSR count). The summed E-state index contributed by atoms with van der Waals surface area (Å²) in [6, 6.07) is 19.9. The van der Waals surface area contributed by atoms with Gasteiger partial charge in [-0.1, -0.05) is 106 Å². The fourth-order valence-electron chi connectivity index (χ4n) is 7.02. The van der Waals surface area contributed by atoms with E-state index in [0.29, 0.717) is 0 Å². The highest BCUT2D eigenvalue weighted by atomic mass is 15.5. The molecule has 0 aliphatic carbocycles. The monoisotopic (exact) mass is 524 g/mol. The average Bonchev–Trinajstić information content (AvgIpc) is 3.20. The number of para-hydroxylation sites is 2. The van der Waals surface area contributed by atoms with Gasteiger partial charge < -0.3 is 9.80 Å². The van der Waals surface area contributed by atoms with Crippen LogP contribution in [-0.4, -0.2) is 16.1 Å². The van der Waals surface area contributed by atoms with Crippen LogP contribution in [-0.2, 0) is 18.3 Å². The summed E-state index contributed by atoms with van der Waals surface area (Å²) < 4.78 is 0. The van der Waals surface area contributed by atoms with E-state index in [1.165, 1.54) is 16.9 Å². The van der Waals surface area contributed by atoms with Crippen LogP contribution in [0.4, 0.5) is 23.0 Å². The van der Waals surface area contributed by atoms with E-state index < -0.39 is 0 Å². The molecule has 3 unspecified atom stereocenters. The van der Waals surface area contributed by atoms with E-state index in [4.69, 9.17) is 9.97 Å². The average molecular weight is 525 g/mol. The van der Waals surface area contributed by atoms with Gasteiger partial charge >= 0.3 is 0 Å². The Balaban J connectivity index is 1.86. The summed E-state index contributed by atoms with van der Waals surface area (Å²) >= 11 is 0. The van der Waals surface area contributed by atoms with Crippen LogP contribution in [0.25, 0.3) is 0 Å². The number of aromatic nitrogens is 2. The van der Waals surface area contributed by atoms with Crippen molar-refractivity contribution < 1.29 is 0 Å². The van der Waals surface area contributed by atoms with Crippen molar-refractivity contribution in [2.24, 2.45) is 16.2 Å². The summed E-state index contributed by atoms with van der Waals surface area (Å²) in [7, 11) is 0. The number of rotatable bonds is 5. The third kappa shape index (κ3) is 4.44. The van der Waals surface area contributed by atoms with Crippen LogP contribution in [0.15, 0.2) is 54.6 Å². The molecular formula is C35H48N4. The molecule has 2 aliphatic heterocycles. The zero-order valence-corrected chi connectivity index (χ0v) is 25.9. The summed E-state index contributed by atoms with van der Waals surface area (Å²) in [5, 5.41) is 0. The highest BCUT2D eigenvalue weighted by Crippen LogP contribution is 2.63. The van der Waals surface area contributed by atoms with E-state index >= 15 is 0 Å². The summed E-state index contributed by atoms with van der Waals surface area (Å²) in [6.07, 6.45) is 4.01. The van der Waals surface area contributed by atoms with E-state index in [-0.39, 0.29) is 27.8 Å². The fraction of sp³-hybridized carbons (Fsp3) is 0.543. The zero-order valence-electron chi connectivity index (χ0n) is 25.9. The first-order chi connectivity index (χ1) is 18.2. The van der Waals surface area contributed by atoms with Crippen LogP contribution in [0.3, 0.4) is 0 Å². The Morgan fingerprint density at radius 2 is 1.21 bits per heavy atom. The molecular weight excluding hydrogens is 476 g/mol. The maximum Gasteiger partial charge on any atom is 0.178 e. The van der Waals surface area contributed by atoms with Crippen LogP contribution in [0, 0.1) is 16.2 Å². The van der Waals surface area contributed by atoms with Crippen molar-refractivity contribution in [3.63, 3.8) is 0 Å². The predicted octanol–water partition coefficient (Wildman–Crippen LogP) is 9.37. The second-order valence-electron chi connectivity index (χ2n) is 14.7. The number of nitrogens with zero attached hydrogens (tertiary/aromatic N) is 4. The molecule has 208 valence electrons. The van der Waals surface area contributed by atoms with Gasteiger partial charge in [0.15, 0.2) is 11.6 Å². The van der Waals surface area contributed by atoms with Crippen molar-refractivity contribution in [1.29, 1.82) is 0 Å². The molecule has 4 heteroatoms. The minimum Gasteiger partial charge on any atom is -0.301 e. The second kappa shape index (κ2) is 9.35. The van der Waals surface area contributed by atoms with Gasteiger partial charge in [-0.25, -0.2) is 9.97 Å². The molecule has 0 radical (unpaired) electrons. The van der Waals surface area contributed by atoms with E-state index in [9.17, 15) is 0 Å². The Morgan fingerprint density at radius 1 is 0.692 bits per heavy atom. The van der Waals surface area contributed by atoms with E-state index in [0.717, 1.165) is 48.7 Å². The summed E-state index contributed by atoms with van der Waals surface area (Å²) in [6.45, 7) is 23.5. The first-order valence-corrected chi connectivity index (χ1v) is 14.9. The lowest BCUT2D eigenvalue weighted by Gasteiger charge is -2.58. The molecule has 0 amide bonds. The number of benzene rings is 2. The maximum absolute atomic E-state index is 5.58. The normalized spacial score (nSPS) is 24.4. The molecule has 0 N–H and O–H groups in total. The van der Waals surface area contributed by atoms with E-state index in [1.54, 1.807) is 0 Å². The van der Waals surface area contributed by atoms with Crippen molar-refractivity contribution in [3.05, 3.63) is 71.5 Å². The Bertz CT molecular complexity index is 1350. The quantitative estimate of drug-likeness (QED) is 0.333. The molecule has 0 spiro atoms. The maximum atomic E-state index is 5.58. The number of anilines is 4. The van der Waals surface area contributed by atoms with Gasteiger partial charge in [0.1, 0.15) is 6.17 Å². The first kappa shape index (κ1) is 27.7. The van der Waals surface area contributed by atoms with Crippen LogP contribution in [0.5, 0.6) is 0 Å². The zero-order chi connectivity index (χ0) is 28.4. The van der Waals surface area contributed by atoms with Gasteiger partial charge in [0.05, 0.1) is 11.4 Å². The van der Waals surface area contributed by atoms with Crippen molar-refractivity contribution in [2.75, 3.05) is 9.80 Å². The lowest BCUT2D eigenvalue weighted by Crippen LogP contribution is -2.62. The summed E-state index contributed by atoms with van der Waals surface area (Å²) in [5.74, 6) is 2.00. The molecule has 4 nitrogen and oxygen atoms in total. The first-order valence-electron chi connectivity index (χ1n) is 14.9. The van der Waals surface area contributed by atoms with Crippen LogP contribution < -0.4 is 9.80 Å². The molecule has 0 saturated carbocycles. The number of hydrogen-bond donors (Lipinski definition) is 0. The van der Waals surface area contributed by atoms with Gasteiger partial charge in [-0.3, -0.25) is 0 Å². The number of hydrogen-bond acceptors (Lipinski definition) is 4. The minimum atomic E-state index is -0.0529. The van der Waals surface area contributed by atoms with Gasteiger partial charge in [-0.2, -0.15) is 0 Å². The molecule has 0 fully saturated rings. The van der Waals surface area contributed by atoms with Crippen molar-refractivity contribution in [2.45, 2.75) is 107 Å². The SMILES string of the molecule is CCC1(C)c2ccccc2N2c3nc(CC(C)(C)C)c(CC(C)(C)C)nc3N(c3ccccc3)C2C1(C)CC. The van der Waals surface area contributed by atoms with E-state index in [1.807, 2.05) is 0 Å². The molecule has 2 aromatic carbocycles. The molecule has 0 saturated heterocycles. The Hall–Kier alpha value is -2.88. The minimum absolute atomic E-state index is 0.00291. The van der Waals surface area contributed by atoms with Crippen LogP contribution >= 0.6 is 0 Å². The topological polar surface area (TPSA) is 32.3 Å². The Morgan fingerprint density at radius 3 is 1.72 bits per heavy atom. The van der Waals surface area contributed by atoms with Crippen molar-refractivity contribution in [1.82, 2.24) is 9.97 Å². The fourth-order valence-corrected chi connectivity index (χ4v) is 7.02. The standard InChI is InChI=1S/C35H48N4/c1-11-34(9)25-20-16-17-21-28(25)39-30-29(36-26(22-32(3,4)5)27(37-30)23-33(6,7)8)38(24-18-14-13-15-19-24)31(39)35(34,10)12-2/h13-21,31H,11-12,22-23H2,1-10H3. The third-order valence-corrected chi connectivity index (χ3v) is 9.42. The van der Waals surface area contributed by atoms with Gasteiger partial charge in [0.2, 0.25) is 0 Å². The Kier molecular flexibility index (Phi) is 6.64.